The summed E-state index contributed by atoms with van der Waals surface area (Å²) >= 11 is 13.7. The van der Waals surface area contributed by atoms with E-state index in [1.54, 1.807) is 38.5 Å². The SMILES string of the molecule is CCn1c(CNC(=O)/C=C/c2ccc(OC)c(OC)c2)nnc1SCc1ccc(Cl)cc1Cl. The van der Waals surface area contributed by atoms with E-state index in [9.17, 15) is 4.79 Å². The van der Waals surface area contributed by atoms with Crippen molar-refractivity contribution in [1.82, 2.24) is 20.1 Å². The number of methoxy groups -OCH3 is 2. The molecule has 1 N–H and O–H groups in total. The molecule has 0 aliphatic rings. The summed E-state index contributed by atoms with van der Waals surface area (Å²) in [6, 6.07) is 10.9. The van der Waals surface area contributed by atoms with Crippen molar-refractivity contribution in [3.05, 3.63) is 69.5 Å². The van der Waals surface area contributed by atoms with E-state index in [1.807, 2.05) is 29.7 Å². The number of nitrogens with one attached hydrogen (secondary N) is 1. The summed E-state index contributed by atoms with van der Waals surface area (Å²) in [6.07, 6.45) is 3.17. The number of hydrogen-bond donors (Lipinski definition) is 1. The normalized spacial score (nSPS) is 11.1. The van der Waals surface area contributed by atoms with Crippen LogP contribution < -0.4 is 14.8 Å². The second-order valence-electron chi connectivity index (χ2n) is 6.83. The molecule has 0 saturated carbocycles. The number of hydrogen-bond acceptors (Lipinski definition) is 6. The first-order valence-electron chi connectivity index (χ1n) is 10.1. The maximum Gasteiger partial charge on any atom is 0.244 e. The minimum atomic E-state index is -0.238. The number of benzene rings is 2. The number of ether oxygens (including phenoxy) is 2. The molecule has 7 nitrogen and oxygen atoms in total. The van der Waals surface area contributed by atoms with Crippen LogP contribution in [0.5, 0.6) is 11.5 Å². The molecule has 0 aliphatic carbocycles. The van der Waals surface area contributed by atoms with Gasteiger partial charge in [0.25, 0.3) is 0 Å². The van der Waals surface area contributed by atoms with Gasteiger partial charge in [-0.3, -0.25) is 4.79 Å². The highest BCUT2D eigenvalue weighted by atomic mass is 35.5. The lowest BCUT2D eigenvalue weighted by Gasteiger charge is -2.09. The van der Waals surface area contributed by atoms with Crippen molar-refractivity contribution >= 4 is 46.9 Å². The summed E-state index contributed by atoms with van der Waals surface area (Å²) in [6.45, 7) is 2.94. The van der Waals surface area contributed by atoms with Gasteiger partial charge in [0.2, 0.25) is 5.91 Å². The Balaban J connectivity index is 1.59. The highest BCUT2D eigenvalue weighted by Crippen LogP contribution is 2.29. The largest absolute Gasteiger partial charge is 0.493 e. The van der Waals surface area contributed by atoms with Gasteiger partial charge in [-0.1, -0.05) is 47.1 Å². The van der Waals surface area contributed by atoms with E-state index in [1.165, 1.54) is 17.8 Å². The first kappa shape index (κ1) is 25.0. The standard InChI is InChI=1S/C23H24Cl2N4O3S/c1-4-29-21(27-28-23(29)33-14-16-7-8-17(24)12-18(16)25)13-26-22(30)10-6-15-5-9-19(31-2)20(11-15)32-3/h5-12H,4,13-14H2,1-3H3,(H,26,30)/b10-6+. The molecule has 0 spiro atoms. The third-order valence-electron chi connectivity index (χ3n) is 4.74. The molecule has 1 amide bonds. The third-order valence-corrected chi connectivity index (χ3v) is 6.34. The average molecular weight is 507 g/mol. The fourth-order valence-corrected chi connectivity index (χ4v) is 4.59. The Morgan fingerprint density at radius 1 is 1.12 bits per heavy atom. The van der Waals surface area contributed by atoms with Gasteiger partial charge in [0, 0.05) is 28.4 Å². The molecule has 33 heavy (non-hydrogen) atoms. The van der Waals surface area contributed by atoms with Crippen molar-refractivity contribution < 1.29 is 14.3 Å². The van der Waals surface area contributed by atoms with Gasteiger partial charge in [-0.15, -0.1) is 10.2 Å². The number of amides is 1. The molecular formula is C23H24Cl2N4O3S. The molecule has 0 bridgehead atoms. The quantitative estimate of drug-likeness (QED) is 0.299. The van der Waals surface area contributed by atoms with E-state index in [-0.39, 0.29) is 12.5 Å². The number of carbonyl (C=O) groups is 1. The smallest absolute Gasteiger partial charge is 0.244 e. The summed E-state index contributed by atoms with van der Waals surface area (Å²) in [7, 11) is 3.14. The van der Waals surface area contributed by atoms with Crippen LogP contribution in [0, 0.1) is 0 Å². The van der Waals surface area contributed by atoms with Crippen LogP contribution in [0.2, 0.25) is 10.0 Å². The summed E-state index contributed by atoms with van der Waals surface area (Å²) in [4.78, 5) is 12.3. The molecule has 2 aromatic carbocycles. The molecule has 0 unspecified atom stereocenters. The van der Waals surface area contributed by atoms with Gasteiger partial charge in [-0.2, -0.15) is 0 Å². The first-order chi connectivity index (χ1) is 15.9. The second-order valence-corrected chi connectivity index (χ2v) is 8.62. The maximum atomic E-state index is 12.3. The summed E-state index contributed by atoms with van der Waals surface area (Å²) < 4.78 is 12.5. The summed E-state index contributed by atoms with van der Waals surface area (Å²) in [5.74, 6) is 2.30. The van der Waals surface area contributed by atoms with E-state index >= 15 is 0 Å². The lowest BCUT2D eigenvalue weighted by molar-refractivity contribution is -0.116. The van der Waals surface area contributed by atoms with Crippen LogP contribution in [0.4, 0.5) is 0 Å². The number of carbonyl (C=O) groups excluding carboxylic acids is 1. The van der Waals surface area contributed by atoms with Crippen LogP contribution >= 0.6 is 35.0 Å². The summed E-state index contributed by atoms with van der Waals surface area (Å²) in [5, 5.41) is 13.3. The summed E-state index contributed by atoms with van der Waals surface area (Å²) in [5.41, 5.74) is 1.78. The van der Waals surface area contributed by atoms with Gasteiger partial charge in [-0.05, 0) is 48.4 Å². The Hall–Kier alpha value is -2.68. The zero-order valence-corrected chi connectivity index (χ0v) is 20.8. The highest BCUT2D eigenvalue weighted by molar-refractivity contribution is 7.98. The molecule has 1 aromatic heterocycles. The number of halogens is 2. The van der Waals surface area contributed by atoms with Gasteiger partial charge in [-0.25, -0.2) is 0 Å². The van der Waals surface area contributed by atoms with Crippen molar-refractivity contribution in [3.8, 4) is 11.5 Å². The molecule has 0 atom stereocenters. The minimum Gasteiger partial charge on any atom is -0.493 e. The Labute approximate surface area is 207 Å². The minimum absolute atomic E-state index is 0.238. The van der Waals surface area contributed by atoms with Gasteiger partial charge in [0.15, 0.2) is 22.5 Å². The predicted molar refractivity (Wildman–Crippen MR) is 132 cm³/mol. The first-order valence-corrected chi connectivity index (χ1v) is 11.9. The molecule has 1 heterocycles. The van der Waals surface area contributed by atoms with Crippen molar-refractivity contribution in [1.29, 1.82) is 0 Å². The van der Waals surface area contributed by atoms with Crippen molar-refractivity contribution in [2.75, 3.05) is 14.2 Å². The van der Waals surface area contributed by atoms with Gasteiger partial charge in [0.05, 0.1) is 20.8 Å². The van der Waals surface area contributed by atoms with E-state index in [4.69, 9.17) is 32.7 Å². The van der Waals surface area contributed by atoms with Crippen LogP contribution in [0.1, 0.15) is 23.9 Å². The van der Waals surface area contributed by atoms with Crippen molar-refractivity contribution in [2.45, 2.75) is 30.9 Å². The monoisotopic (exact) mass is 506 g/mol. The average Bonchev–Trinajstić information content (AvgIpc) is 3.22. The molecule has 174 valence electrons. The molecule has 3 aromatic rings. The van der Waals surface area contributed by atoms with Gasteiger partial charge < -0.3 is 19.4 Å². The van der Waals surface area contributed by atoms with E-state index < -0.39 is 0 Å². The highest BCUT2D eigenvalue weighted by Gasteiger charge is 2.13. The van der Waals surface area contributed by atoms with E-state index in [2.05, 4.69) is 15.5 Å². The topological polar surface area (TPSA) is 78.3 Å². The number of aromatic nitrogens is 3. The lowest BCUT2D eigenvalue weighted by atomic mass is 10.2. The molecule has 10 heteroatoms. The van der Waals surface area contributed by atoms with Crippen LogP contribution in [0.15, 0.2) is 47.6 Å². The Morgan fingerprint density at radius 2 is 1.91 bits per heavy atom. The van der Waals surface area contributed by atoms with Crippen LogP contribution in [0.25, 0.3) is 6.08 Å². The molecule has 0 fully saturated rings. The Kier molecular flexibility index (Phi) is 9.05. The third kappa shape index (κ3) is 6.66. The second kappa shape index (κ2) is 12.0. The van der Waals surface area contributed by atoms with Gasteiger partial charge in [0.1, 0.15) is 0 Å². The molecule has 0 radical (unpaired) electrons. The van der Waals surface area contributed by atoms with Crippen LogP contribution in [-0.4, -0.2) is 34.9 Å². The molecular weight excluding hydrogens is 483 g/mol. The molecule has 0 saturated heterocycles. The van der Waals surface area contributed by atoms with Crippen molar-refractivity contribution in [3.63, 3.8) is 0 Å². The maximum absolute atomic E-state index is 12.3. The lowest BCUT2D eigenvalue weighted by Crippen LogP contribution is -2.22. The predicted octanol–water partition coefficient (Wildman–Crippen LogP) is 5.24. The van der Waals surface area contributed by atoms with Crippen molar-refractivity contribution in [2.24, 2.45) is 0 Å². The van der Waals surface area contributed by atoms with Crippen LogP contribution in [0.3, 0.4) is 0 Å². The Bertz CT molecular complexity index is 1150. The zero-order valence-electron chi connectivity index (χ0n) is 18.5. The fourth-order valence-electron chi connectivity index (χ4n) is 3.01. The van der Waals surface area contributed by atoms with E-state index in [0.29, 0.717) is 39.7 Å². The Morgan fingerprint density at radius 3 is 2.61 bits per heavy atom. The molecule has 0 aliphatic heterocycles. The number of thioether (sulfide) groups is 1. The zero-order chi connectivity index (χ0) is 23.8. The van der Waals surface area contributed by atoms with E-state index in [0.717, 1.165) is 16.3 Å². The fraction of sp³-hybridized carbons (Fsp3) is 0.261. The van der Waals surface area contributed by atoms with Crippen LogP contribution in [-0.2, 0) is 23.6 Å². The molecule has 3 rings (SSSR count). The van der Waals surface area contributed by atoms with Gasteiger partial charge >= 0.3 is 0 Å². The number of nitrogens with zero attached hydrogens (tertiary/aromatic N) is 3. The number of rotatable bonds is 10.